The molecule has 1 aromatic carbocycles. The Kier molecular flexibility index (Phi) is 5.54. The Morgan fingerprint density at radius 2 is 1.72 bits per heavy atom. The zero-order valence-corrected chi connectivity index (χ0v) is 12.2. The van der Waals surface area contributed by atoms with Gasteiger partial charge in [-0.2, -0.15) is 0 Å². The molecule has 1 rings (SSSR count). The van der Waals surface area contributed by atoms with E-state index in [-0.39, 0.29) is 11.8 Å². The van der Waals surface area contributed by atoms with Crippen LogP contribution in [0.2, 0.25) is 0 Å². The molecule has 0 heterocycles. The van der Waals surface area contributed by atoms with Gasteiger partial charge in [-0.1, -0.05) is 52.0 Å². The van der Waals surface area contributed by atoms with Crippen LogP contribution < -0.4 is 5.32 Å². The molecule has 0 aliphatic carbocycles. The molecule has 0 radical (unpaired) electrons. The molecule has 0 spiro atoms. The quantitative estimate of drug-likeness (QED) is 0.778. The molecule has 0 saturated carbocycles. The van der Waals surface area contributed by atoms with Gasteiger partial charge < -0.3 is 5.32 Å². The van der Waals surface area contributed by atoms with E-state index in [1.165, 1.54) is 5.56 Å². The number of hydrogen-bond donors (Lipinski definition) is 1. The van der Waals surface area contributed by atoms with Crippen LogP contribution in [-0.4, -0.2) is 18.9 Å². The van der Waals surface area contributed by atoms with Gasteiger partial charge in [0.25, 0.3) is 0 Å². The molecule has 18 heavy (non-hydrogen) atoms. The van der Waals surface area contributed by atoms with E-state index in [1.54, 1.807) is 0 Å². The van der Waals surface area contributed by atoms with Crippen LogP contribution in [-0.2, 0) is 0 Å². The molecule has 0 fully saturated rings. The number of nitrogens with one attached hydrogen (secondary N) is 1. The van der Waals surface area contributed by atoms with E-state index in [0.29, 0.717) is 11.8 Å². The molecular weight excluding hydrogens is 222 g/mol. The fourth-order valence-corrected chi connectivity index (χ4v) is 2.16. The Balaban J connectivity index is 2.88. The topological polar surface area (TPSA) is 29.1 Å². The van der Waals surface area contributed by atoms with E-state index in [0.717, 1.165) is 12.0 Å². The summed E-state index contributed by atoms with van der Waals surface area (Å²) in [5.74, 6) is 1.04. The second-order valence-electron chi connectivity index (χ2n) is 5.31. The van der Waals surface area contributed by atoms with E-state index in [1.807, 2.05) is 19.2 Å². The fraction of sp³-hybridized carbons (Fsp3) is 0.562. The average molecular weight is 247 g/mol. The highest BCUT2D eigenvalue weighted by molar-refractivity contribution is 6.00. The van der Waals surface area contributed by atoms with E-state index < -0.39 is 0 Å². The average Bonchev–Trinajstić information content (AvgIpc) is 2.38. The Morgan fingerprint density at radius 3 is 2.11 bits per heavy atom. The summed E-state index contributed by atoms with van der Waals surface area (Å²) in [4.78, 5) is 12.3. The molecule has 2 heteroatoms. The van der Waals surface area contributed by atoms with Crippen molar-refractivity contribution in [1.29, 1.82) is 0 Å². The molecular formula is C16H25NO. The van der Waals surface area contributed by atoms with E-state index >= 15 is 0 Å². The molecule has 100 valence electrons. The number of rotatable bonds is 6. The standard InChI is InChI=1S/C16H25NO/c1-6-12(4)13-7-9-14(10-8-13)16(18)15(17-5)11(2)3/h7-12,15,17H,6H2,1-5H3. The van der Waals surface area contributed by atoms with Crippen molar-refractivity contribution >= 4 is 5.78 Å². The van der Waals surface area contributed by atoms with Crippen molar-refractivity contribution in [1.82, 2.24) is 5.32 Å². The third-order valence-electron chi connectivity index (χ3n) is 3.64. The van der Waals surface area contributed by atoms with Gasteiger partial charge in [-0.05, 0) is 30.9 Å². The second-order valence-corrected chi connectivity index (χ2v) is 5.31. The van der Waals surface area contributed by atoms with Crippen LogP contribution in [0.4, 0.5) is 0 Å². The highest BCUT2D eigenvalue weighted by atomic mass is 16.1. The van der Waals surface area contributed by atoms with Crippen LogP contribution in [0, 0.1) is 5.92 Å². The smallest absolute Gasteiger partial charge is 0.179 e. The van der Waals surface area contributed by atoms with Crippen LogP contribution in [0.15, 0.2) is 24.3 Å². The van der Waals surface area contributed by atoms with Crippen molar-refractivity contribution in [2.75, 3.05) is 7.05 Å². The molecule has 0 bridgehead atoms. The Hall–Kier alpha value is -1.15. The van der Waals surface area contributed by atoms with Gasteiger partial charge in [0.05, 0.1) is 6.04 Å². The fourth-order valence-electron chi connectivity index (χ4n) is 2.16. The molecule has 2 nitrogen and oxygen atoms in total. The third kappa shape index (κ3) is 3.42. The van der Waals surface area contributed by atoms with Gasteiger partial charge in [0.2, 0.25) is 0 Å². The second kappa shape index (κ2) is 6.69. The maximum Gasteiger partial charge on any atom is 0.179 e. The Morgan fingerprint density at radius 1 is 1.17 bits per heavy atom. The SMILES string of the molecule is CCC(C)c1ccc(C(=O)C(NC)C(C)C)cc1. The summed E-state index contributed by atoms with van der Waals surface area (Å²) in [6.07, 6.45) is 1.12. The number of likely N-dealkylation sites (N-methyl/N-ethyl adjacent to an activating group) is 1. The third-order valence-corrected chi connectivity index (χ3v) is 3.64. The van der Waals surface area contributed by atoms with Gasteiger partial charge in [0.1, 0.15) is 0 Å². The van der Waals surface area contributed by atoms with Gasteiger partial charge in [0, 0.05) is 5.56 Å². The van der Waals surface area contributed by atoms with Crippen LogP contribution in [0.1, 0.15) is 56.0 Å². The summed E-state index contributed by atoms with van der Waals surface area (Å²) in [7, 11) is 1.84. The minimum Gasteiger partial charge on any atom is -0.310 e. The van der Waals surface area contributed by atoms with Crippen LogP contribution in [0.3, 0.4) is 0 Å². The van der Waals surface area contributed by atoms with Gasteiger partial charge in [-0.15, -0.1) is 0 Å². The first-order chi connectivity index (χ1) is 8.51. The van der Waals surface area contributed by atoms with Crippen molar-refractivity contribution in [3.05, 3.63) is 35.4 Å². The highest BCUT2D eigenvalue weighted by Crippen LogP contribution is 2.20. The number of ketones is 1. The first kappa shape index (κ1) is 14.9. The van der Waals surface area contributed by atoms with E-state index in [2.05, 4.69) is 45.1 Å². The Labute approximate surface area is 111 Å². The number of carbonyl (C=O) groups is 1. The predicted octanol–water partition coefficient (Wildman–Crippen LogP) is 3.63. The summed E-state index contributed by atoms with van der Waals surface area (Å²) < 4.78 is 0. The molecule has 0 aliphatic heterocycles. The van der Waals surface area contributed by atoms with Gasteiger partial charge in [0.15, 0.2) is 5.78 Å². The molecule has 2 atom stereocenters. The molecule has 2 unspecified atom stereocenters. The lowest BCUT2D eigenvalue weighted by molar-refractivity contribution is 0.0922. The van der Waals surface area contributed by atoms with Gasteiger partial charge in [-0.3, -0.25) is 4.79 Å². The van der Waals surface area contributed by atoms with Crippen LogP contribution in [0.5, 0.6) is 0 Å². The van der Waals surface area contributed by atoms with Crippen molar-refractivity contribution in [3.8, 4) is 0 Å². The lowest BCUT2D eigenvalue weighted by Crippen LogP contribution is -2.38. The minimum atomic E-state index is -0.0977. The molecule has 0 saturated heterocycles. The van der Waals surface area contributed by atoms with Crippen LogP contribution in [0.25, 0.3) is 0 Å². The number of Topliss-reactive ketones (excluding diaryl/α,β-unsaturated/α-hetero) is 1. The predicted molar refractivity (Wildman–Crippen MR) is 77.2 cm³/mol. The first-order valence-corrected chi connectivity index (χ1v) is 6.82. The van der Waals surface area contributed by atoms with Crippen molar-refractivity contribution in [2.45, 2.75) is 46.1 Å². The molecule has 0 amide bonds. The first-order valence-electron chi connectivity index (χ1n) is 6.82. The number of benzene rings is 1. The lowest BCUT2D eigenvalue weighted by Gasteiger charge is -2.19. The monoisotopic (exact) mass is 247 g/mol. The molecule has 1 aromatic rings. The molecule has 0 aliphatic rings. The van der Waals surface area contributed by atoms with Gasteiger partial charge >= 0.3 is 0 Å². The molecule has 0 aromatic heterocycles. The van der Waals surface area contributed by atoms with Crippen molar-refractivity contribution < 1.29 is 4.79 Å². The van der Waals surface area contributed by atoms with Gasteiger partial charge in [-0.25, -0.2) is 0 Å². The van der Waals surface area contributed by atoms with Crippen molar-refractivity contribution in [3.63, 3.8) is 0 Å². The number of carbonyl (C=O) groups excluding carboxylic acids is 1. The lowest BCUT2D eigenvalue weighted by atomic mass is 9.92. The van der Waals surface area contributed by atoms with Crippen LogP contribution >= 0.6 is 0 Å². The molecule has 1 N–H and O–H groups in total. The maximum atomic E-state index is 12.3. The normalized spacial score (nSPS) is 14.6. The zero-order valence-electron chi connectivity index (χ0n) is 12.2. The zero-order chi connectivity index (χ0) is 13.7. The summed E-state index contributed by atoms with van der Waals surface area (Å²) in [6, 6.07) is 7.97. The summed E-state index contributed by atoms with van der Waals surface area (Å²) in [5, 5.41) is 3.10. The summed E-state index contributed by atoms with van der Waals surface area (Å²) in [6.45, 7) is 8.51. The van der Waals surface area contributed by atoms with E-state index in [9.17, 15) is 4.79 Å². The maximum absolute atomic E-state index is 12.3. The minimum absolute atomic E-state index is 0.0977. The largest absolute Gasteiger partial charge is 0.310 e. The van der Waals surface area contributed by atoms with E-state index in [4.69, 9.17) is 0 Å². The summed E-state index contributed by atoms with van der Waals surface area (Å²) in [5.41, 5.74) is 2.11. The number of hydrogen-bond acceptors (Lipinski definition) is 2. The van der Waals surface area contributed by atoms with Crippen molar-refractivity contribution in [2.24, 2.45) is 5.92 Å². The Bertz CT molecular complexity index is 381. The highest BCUT2D eigenvalue weighted by Gasteiger charge is 2.21. The summed E-state index contributed by atoms with van der Waals surface area (Å²) >= 11 is 0.